The molecule has 6 N–H and O–H groups in total. The summed E-state index contributed by atoms with van der Waals surface area (Å²) in [6.45, 7) is 0. The van der Waals surface area contributed by atoms with Crippen LogP contribution in [0.25, 0.3) is 0 Å². The summed E-state index contributed by atoms with van der Waals surface area (Å²) in [5.41, 5.74) is 0. The van der Waals surface area contributed by atoms with Gasteiger partial charge in [-0.2, -0.15) is 0 Å². The van der Waals surface area contributed by atoms with Crippen molar-refractivity contribution in [3.8, 4) is 0 Å². The van der Waals surface area contributed by atoms with Crippen molar-refractivity contribution in [2.45, 2.75) is 0 Å². The maximum absolute atomic E-state index is 4.88. The van der Waals surface area contributed by atoms with Crippen LogP contribution in [0.3, 0.4) is 0 Å². The molecule has 0 saturated heterocycles. The van der Waals surface area contributed by atoms with Crippen molar-refractivity contribution in [2.24, 2.45) is 0 Å². The van der Waals surface area contributed by atoms with Crippen molar-refractivity contribution in [3.63, 3.8) is 0 Å². The Bertz CT molecular complexity index is 7.61. The van der Waals surface area contributed by atoms with Crippen molar-refractivity contribution in [3.05, 3.63) is 0 Å². The zero-order chi connectivity index (χ0) is 2.71. The minimum absolute atomic E-state index is 0. The van der Waals surface area contributed by atoms with Gasteiger partial charge in [-0.3, -0.25) is 0 Å². The Kier molecular flexibility index (Phi) is 62.3. The molecule has 0 bridgehead atoms. The molecule has 0 rings (SSSR count). The molecule has 0 atom stereocenters. The average Bonchev–Trinajstić information content (AvgIpc) is 0.918. The normalized spacial score (nSPS) is 4.40. The zero-order valence-corrected chi connectivity index (χ0v) is 6.27. The molecule has 40 valence electrons. The van der Waals surface area contributed by atoms with Gasteiger partial charge < -0.3 is 12.3 Å². The van der Waals surface area contributed by atoms with Crippen molar-refractivity contribution in [1.29, 1.82) is 0 Å². The molecule has 0 fully saturated rings. The second kappa shape index (κ2) is 19.0. The predicted octanol–water partition coefficient (Wildman–Crippen LogP) is 1.70. The Labute approximate surface area is 47.8 Å². The monoisotopic (exact) mass is 299 g/mol. The third-order valence-electron chi connectivity index (χ3n) is 0. The number of hydrogen-bond acceptors (Lipinski definition) is 2. The first-order chi connectivity index (χ1) is 1.41. The summed E-state index contributed by atoms with van der Waals surface area (Å²) in [5, 5.41) is 0. The van der Waals surface area contributed by atoms with E-state index in [2.05, 4.69) is 0 Å². The van der Waals surface area contributed by atoms with Gasteiger partial charge in [-0.1, -0.05) is 0 Å². The van der Waals surface area contributed by atoms with Crippen LogP contribution in [0.1, 0.15) is 0 Å². The minimum atomic E-state index is -0.472. The molecule has 0 amide bonds. The fourth-order valence-electron chi connectivity index (χ4n) is 0. The van der Waals surface area contributed by atoms with Gasteiger partial charge in [0.2, 0.25) is 0 Å². The van der Waals surface area contributed by atoms with E-state index in [-0.39, 0.29) is 12.3 Å². The zero-order valence-electron chi connectivity index (χ0n) is 2.49. The van der Waals surface area contributed by atoms with Crippen LogP contribution in [-0.2, 0) is 16.5 Å². The van der Waals surface area contributed by atoms with Gasteiger partial charge in [-0.15, -0.1) is 0 Å². The first-order valence-electron chi connectivity index (χ1n) is 0.239. The Morgan fingerprint density at radius 3 is 1.00 bits per heavy atom. The molecule has 0 spiro atoms. The summed E-state index contributed by atoms with van der Waals surface area (Å²) in [6, 6.07) is 0. The van der Waals surface area contributed by atoms with E-state index < -0.39 is 16.5 Å². The summed E-state index contributed by atoms with van der Waals surface area (Å²) >= 11 is -0.472. The molecule has 2 nitrogen and oxygen atoms in total. The van der Waals surface area contributed by atoms with E-state index in [9.17, 15) is 0 Å². The quantitative estimate of drug-likeness (QED) is 0.715. The fourth-order valence-corrected chi connectivity index (χ4v) is 0. The van der Waals surface area contributed by atoms with E-state index in [1.165, 1.54) is 0 Å². The van der Waals surface area contributed by atoms with Crippen molar-refractivity contribution in [1.82, 2.24) is 12.3 Å². The van der Waals surface area contributed by atoms with Crippen LogP contribution >= 0.6 is 18.8 Å². The fraction of sp³-hybridized carbons (Fsp3) is 0. The summed E-state index contributed by atoms with van der Waals surface area (Å²) < 4.78 is 0. The molecular weight excluding hydrogens is 294 g/mol. The van der Waals surface area contributed by atoms with Gasteiger partial charge in [0.05, 0.1) is 0 Å². The maximum atomic E-state index is 4.88. The molecule has 0 unspecified atom stereocenters. The van der Waals surface area contributed by atoms with E-state index in [4.69, 9.17) is 18.8 Å². The van der Waals surface area contributed by atoms with E-state index in [0.717, 1.165) is 0 Å². The molecule has 0 aromatic heterocycles. The molecule has 0 aliphatic carbocycles. The number of hydrogen-bond donors (Lipinski definition) is 2. The van der Waals surface area contributed by atoms with Crippen LogP contribution < -0.4 is 12.3 Å². The second-order valence-corrected chi connectivity index (χ2v) is 3.33. The van der Waals surface area contributed by atoms with E-state index in [1.54, 1.807) is 0 Å². The molecule has 5 heteroatoms. The molecule has 0 aromatic rings. The first-order valence-corrected chi connectivity index (χ1v) is 5.87. The standard InChI is InChI=1S/2ClH.2H3N.Pt/h2*1H;2*1H3;/q;;;;+2/p-2/i;;;;1+0. The van der Waals surface area contributed by atoms with Gasteiger partial charge in [0, 0.05) is 0 Å². The van der Waals surface area contributed by atoms with Crippen LogP contribution in [0.2, 0.25) is 0 Å². The van der Waals surface area contributed by atoms with Crippen molar-refractivity contribution >= 4 is 18.8 Å². The van der Waals surface area contributed by atoms with Crippen molar-refractivity contribution in [2.75, 3.05) is 0 Å². The van der Waals surface area contributed by atoms with E-state index in [0.29, 0.717) is 0 Å². The van der Waals surface area contributed by atoms with Crippen LogP contribution in [0.5, 0.6) is 0 Å². The van der Waals surface area contributed by atoms with Crippen LogP contribution in [0.15, 0.2) is 0 Å². The Hall–Kier alpha value is 1.19. The third-order valence-corrected chi connectivity index (χ3v) is 0. The summed E-state index contributed by atoms with van der Waals surface area (Å²) in [6.07, 6.45) is 0. The van der Waals surface area contributed by atoms with Gasteiger partial charge >= 0.3 is 35.3 Å². The van der Waals surface area contributed by atoms with Gasteiger partial charge in [0.15, 0.2) is 0 Å². The summed E-state index contributed by atoms with van der Waals surface area (Å²) in [7, 11) is 9.75. The summed E-state index contributed by atoms with van der Waals surface area (Å²) in [4.78, 5) is 0. The third kappa shape index (κ3) is 37.3. The first kappa shape index (κ1) is 16.4. The van der Waals surface area contributed by atoms with Gasteiger partial charge in [0.25, 0.3) is 0 Å². The number of halogens is 2. The Morgan fingerprint density at radius 1 is 1.00 bits per heavy atom. The number of rotatable bonds is 0. The topological polar surface area (TPSA) is 70.0 Å². The molecule has 0 aliphatic heterocycles. The molecule has 0 aliphatic rings. The molecular formula is H6Cl2N2Pt. The molecule has 0 heterocycles. The van der Waals surface area contributed by atoms with Gasteiger partial charge in [-0.05, 0) is 0 Å². The van der Waals surface area contributed by atoms with Crippen molar-refractivity contribution < 1.29 is 16.5 Å². The summed E-state index contributed by atoms with van der Waals surface area (Å²) in [5.74, 6) is 0. The van der Waals surface area contributed by atoms with E-state index in [1.807, 2.05) is 0 Å². The average molecular weight is 300 g/mol. The molecule has 0 saturated carbocycles. The SMILES string of the molecule is N.N.[Cl][195Pt][Cl]. The van der Waals surface area contributed by atoms with Gasteiger partial charge in [0.1, 0.15) is 0 Å². The Morgan fingerprint density at radius 2 is 1.00 bits per heavy atom. The molecule has 0 aromatic carbocycles. The van der Waals surface area contributed by atoms with E-state index >= 15 is 0 Å². The Balaban J connectivity index is -0.0000000200. The predicted molar refractivity (Wildman–Crippen MR) is 21.8 cm³/mol. The second-order valence-electron chi connectivity index (χ2n) is 0.0452. The van der Waals surface area contributed by atoms with Crippen LogP contribution in [0.4, 0.5) is 0 Å². The van der Waals surface area contributed by atoms with Crippen LogP contribution in [-0.4, -0.2) is 0 Å². The molecule has 5 heavy (non-hydrogen) atoms. The molecule has 0 radical (unpaired) electrons. The van der Waals surface area contributed by atoms with Crippen LogP contribution in [0, 0.1) is 0 Å². The van der Waals surface area contributed by atoms with Gasteiger partial charge in [-0.25, -0.2) is 0 Å².